The van der Waals surface area contributed by atoms with E-state index in [1.807, 2.05) is 0 Å². The maximum atomic E-state index is 15.9. The molecular formula is C39H35F4N11O7. The van der Waals surface area contributed by atoms with Gasteiger partial charge in [-0.3, -0.25) is 39.2 Å². The van der Waals surface area contributed by atoms with E-state index in [9.17, 15) is 37.9 Å². The number of aromatic nitrogens is 5. The molecule has 3 aliphatic heterocycles. The number of carbonyl (C=O) groups is 5. The molecule has 22 heteroatoms. The van der Waals surface area contributed by atoms with Gasteiger partial charge >= 0.3 is 0 Å². The van der Waals surface area contributed by atoms with Gasteiger partial charge < -0.3 is 36.1 Å². The molecule has 2 aromatic carbocycles. The Morgan fingerprint density at radius 2 is 1.85 bits per heavy atom. The van der Waals surface area contributed by atoms with E-state index in [0.717, 1.165) is 17.0 Å². The van der Waals surface area contributed by atoms with Crippen LogP contribution in [-0.2, 0) is 20.9 Å². The first kappa shape index (κ1) is 40.7. The van der Waals surface area contributed by atoms with Crippen LogP contribution >= 0.6 is 0 Å². The topological polar surface area (TPSA) is 254 Å². The third-order valence-electron chi connectivity index (χ3n) is 10.9. The summed E-state index contributed by atoms with van der Waals surface area (Å²) >= 11 is 0. The summed E-state index contributed by atoms with van der Waals surface area (Å²) in [4.78, 5) is 82.9. The van der Waals surface area contributed by atoms with Crippen LogP contribution in [0.25, 0.3) is 22.4 Å². The molecular weight excluding hydrogens is 810 g/mol. The summed E-state index contributed by atoms with van der Waals surface area (Å²) in [5.41, 5.74) is 11.4. The molecule has 0 bridgehead atoms. The third-order valence-corrected chi connectivity index (χ3v) is 10.9. The van der Waals surface area contributed by atoms with Gasteiger partial charge in [-0.1, -0.05) is 6.07 Å². The van der Waals surface area contributed by atoms with E-state index in [1.165, 1.54) is 43.1 Å². The molecule has 0 radical (unpaired) electrons. The number of aliphatic hydroxyl groups excluding tert-OH is 1. The number of piperidine rings is 2. The van der Waals surface area contributed by atoms with Crippen molar-refractivity contribution < 1.29 is 51.4 Å². The Labute approximate surface area is 341 Å². The number of imide groups is 2. The molecule has 7 N–H and O–H groups in total. The standard InChI is InChI=1S/C39H35F4N11O7/c40-21-11-27(61-14-29(56)50-23-4-1-3-19-30(23)38(60)54(37(19)59)25-5-6-28(55)51-36(25)58)22(41)10-20(21)24-9-18(13-53-17-49-31-34(44)47-16-48-35(31)53)26(12-46-24)52-8-2-7-39(45,15-52)32(57)33(42)43/h1,3-4,9-12,16-17,25,32-33,57H,2,5-8,13-15,45H2,(H,50,56)(H2,44,47,48)(H,51,55,58)/t25?,32-,39-/m1/s1. The Morgan fingerprint density at radius 1 is 1.05 bits per heavy atom. The predicted molar refractivity (Wildman–Crippen MR) is 206 cm³/mol. The number of aliphatic hydroxyl groups is 1. The minimum absolute atomic E-state index is 0.0169. The summed E-state index contributed by atoms with van der Waals surface area (Å²) in [6.45, 7) is -0.658. The highest BCUT2D eigenvalue weighted by molar-refractivity contribution is 6.26. The lowest BCUT2D eigenvalue weighted by molar-refractivity contribution is -0.136. The van der Waals surface area contributed by atoms with Gasteiger partial charge in [0.15, 0.2) is 29.6 Å². The number of nitrogens with zero attached hydrogens (tertiary/aromatic N) is 7. The number of fused-ring (bicyclic) bond motifs is 2. The molecule has 1 unspecified atom stereocenters. The van der Waals surface area contributed by atoms with Crippen LogP contribution in [0.3, 0.4) is 0 Å². The van der Waals surface area contributed by atoms with Crippen LogP contribution in [-0.4, -0.2) is 108 Å². The molecule has 5 aromatic rings. The first-order valence-electron chi connectivity index (χ1n) is 18.8. The van der Waals surface area contributed by atoms with Crippen molar-refractivity contribution in [2.75, 3.05) is 35.6 Å². The molecule has 18 nitrogen and oxygen atoms in total. The van der Waals surface area contributed by atoms with Crippen molar-refractivity contribution in [1.82, 2.24) is 34.7 Å². The molecule has 3 aromatic heterocycles. The average molecular weight is 846 g/mol. The second-order valence-electron chi connectivity index (χ2n) is 14.8. The van der Waals surface area contributed by atoms with Crippen LogP contribution < -0.4 is 31.7 Å². The highest BCUT2D eigenvalue weighted by atomic mass is 19.3. The number of rotatable bonds is 11. The van der Waals surface area contributed by atoms with Crippen molar-refractivity contribution in [3.8, 4) is 17.0 Å². The molecule has 3 atom stereocenters. The fraction of sp³-hybridized carbons (Fsp3) is 0.308. The zero-order chi connectivity index (χ0) is 43.3. The number of nitrogen functional groups attached to an aromatic ring is 1. The molecule has 3 aliphatic rings. The first-order chi connectivity index (χ1) is 29.1. The number of pyridine rings is 1. The molecule has 316 valence electrons. The Hall–Kier alpha value is -7.07. The van der Waals surface area contributed by atoms with Crippen molar-refractivity contribution >= 4 is 57.9 Å². The van der Waals surface area contributed by atoms with Crippen LogP contribution in [0, 0.1) is 11.6 Å². The second kappa shape index (κ2) is 15.8. The maximum Gasteiger partial charge on any atom is 0.265 e. The molecule has 2 saturated heterocycles. The quantitative estimate of drug-likeness (QED) is 0.0944. The van der Waals surface area contributed by atoms with Gasteiger partial charge in [0.2, 0.25) is 11.8 Å². The Balaban J connectivity index is 1.02. The molecule has 8 rings (SSSR count). The van der Waals surface area contributed by atoms with Gasteiger partial charge in [-0.15, -0.1) is 0 Å². The minimum Gasteiger partial charge on any atom is -0.481 e. The van der Waals surface area contributed by atoms with E-state index < -0.39 is 77.6 Å². The number of hydrogen-bond donors (Lipinski definition) is 5. The van der Waals surface area contributed by atoms with Gasteiger partial charge in [-0.05, 0) is 49.1 Å². The fourth-order valence-corrected chi connectivity index (χ4v) is 7.84. The number of carbonyl (C=O) groups excluding carboxylic acids is 5. The molecule has 2 fully saturated rings. The number of benzene rings is 2. The van der Waals surface area contributed by atoms with Gasteiger partial charge in [0.1, 0.15) is 29.8 Å². The zero-order valence-electron chi connectivity index (χ0n) is 31.8. The number of alkyl halides is 2. The lowest BCUT2D eigenvalue weighted by Gasteiger charge is -2.44. The highest BCUT2D eigenvalue weighted by Gasteiger charge is 2.46. The SMILES string of the molecule is Nc1ncnc2c1ncn2Cc1cc(-c2cc(F)c(OCC(=O)Nc3cccc4c3C(=O)N(C3CCC(=O)NC3=O)C4=O)cc2F)ncc1N1CCC[C@](N)([C@H](O)C(F)F)C1. The van der Waals surface area contributed by atoms with Crippen LogP contribution in [0.2, 0.25) is 0 Å². The lowest BCUT2D eigenvalue weighted by atomic mass is 9.84. The van der Waals surface area contributed by atoms with Crippen LogP contribution in [0.1, 0.15) is 52.0 Å². The number of amides is 5. The van der Waals surface area contributed by atoms with Crippen molar-refractivity contribution in [2.45, 2.75) is 56.3 Å². The number of nitrogens with two attached hydrogens (primary N) is 2. The summed E-state index contributed by atoms with van der Waals surface area (Å²) < 4.78 is 65.7. The molecule has 0 aliphatic carbocycles. The van der Waals surface area contributed by atoms with Crippen LogP contribution in [0.5, 0.6) is 5.75 Å². The molecule has 0 saturated carbocycles. The summed E-state index contributed by atoms with van der Waals surface area (Å²) in [5, 5.41) is 14.8. The fourth-order valence-electron chi connectivity index (χ4n) is 7.84. The van der Waals surface area contributed by atoms with Crippen molar-refractivity contribution in [3.05, 3.63) is 83.6 Å². The number of nitrogens with one attached hydrogen (secondary N) is 2. The average Bonchev–Trinajstić information content (AvgIpc) is 3.75. The first-order valence-corrected chi connectivity index (χ1v) is 18.8. The largest absolute Gasteiger partial charge is 0.481 e. The Morgan fingerprint density at radius 3 is 2.62 bits per heavy atom. The van der Waals surface area contributed by atoms with E-state index in [4.69, 9.17) is 16.2 Å². The van der Waals surface area contributed by atoms with Gasteiger partial charge in [0.25, 0.3) is 24.1 Å². The Kier molecular flexibility index (Phi) is 10.6. The maximum absolute atomic E-state index is 15.9. The van der Waals surface area contributed by atoms with E-state index in [-0.39, 0.29) is 66.2 Å². The number of halogens is 4. The number of ether oxygens (including phenoxy) is 1. The van der Waals surface area contributed by atoms with E-state index in [1.54, 1.807) is 9.47 Å². The van der Waals surface area contributed by atoms with E-state index in [0.29, 0.717) is 35.4 Å². The predicted octanol–water partition coefficient (Wildman–Crippen LogP) is 2.14. The lowest BCUT2D eigenvalue weighted by Crippen LogP contribution is -2.63. The van der Waals surface area contributed by atoms with Gasteiger partial charge in [0, 0.05) is 31.1 Å². The van der Waals surface area contributed by atoms with Crippen LogP contribution in [0.4, 0.5) is 34.8 Å². The van der Waals surface area contributed by atoms with Crippen LogP contribution in [0.15, 0.2) is 55.2 Å². The van der Waals surface area contributed by atoms with Crippen molar-refractivity contribution in [3.63, 3.8) is 0 Å². The number of anilines is 3. The zero-order valence-corrected chi connectivity index (χ0v) is 31.8. The molecule has 61 heavy (non-hydrogen) atoms. The normalized spacial score (nSPS) is 19.7. The van der Waals surface area contributed by atoms with Gasteiger partial charge in [0.05, 0.1) is 52.8 Å². The molecule has 6 heterocycles. The molecule has 0 spiro atoms. The number of imidazole rings is 1. The monoisotopic (exact) mass is 845 g/mol. The summed E-state index contributed by atoms with van der Waals surface area (Å²) in [5.74, 6) is -6.50. The van der Waals surface area contributed by atoms with E-state index in [2.05, 4.69) is 30.6 Å². The van der Waals surface area contributed by atoms with Crippen molar-refractivity contribution in [1.29, 1.82) is 0 Å². The summed E-state index contributed by atoms with van der Waals surface area (Å²) in [7, 11) is 0. The summed E-state index contributed by atoms with van der Waals surface area (Å²) in [6.07, 6.45) is -0.826. The van der Waals surface area contributed by atoms with Gasteiger partial charge in [-0.2, -0.15) is 0 Å². The smallest absolute Gasteiger partial charge is 0.265 e. The van der Waals surface area contributed by atoms with Crippen molar-refractivity contribution in [2.24, 2.45) is 5.73 Å². The number of hydrogen-bond acceptors (Lipinski definition) is 14. The van der Waals surface area contributed by atoms with E-state index >= 15 is 8.78 Å². The Bertz CT molecular complexity index is 2650. The second-order valence-corrected chi connectivity index (χ2v) is 14.8. The molecule has 5 amide bonds. The third kappa shape index (κ3) is 7.54. The minimum atomic E-state index is -3.09. The van der Waals surface area contributed by atoms with Gasteiger partial charge in [-0.25, -0.2) is 32.5 Å². The summed E-state index contributed by atoms with van der Waals surface area (Å²) in [6, 6.07) is 5.84. The highest BCUT2D eigenvalue weighted by Crippen LogP contribution is 2.36.